The van der Waals surface area contributed by atoms with Crippen LogP contribution in [0.15, 0.2) is 172 Å². The van der Waals surface area contributed by atoms with Crippen LogP contribution in [0.25, 0.3) is 71.7 Å². The number of nitrogens with one attached hydrogen (secondary N) is 1. The molecule has 2 aromatic heterocycles. The monoisotopic (exact) mass is 686 g/mol. The van der Waals surface area contributed by atoms with E-state index in [0.29, 0.717) is 0 Å². The summed E-state index contributed by atoms with van der Waals surface area (Å²) in [5.74, 6) is 0. The Kier molecular flexibility index (Phi) is 7.05. The second kappa shape index (κ2) is 12.1. The molecule has 1 unspecified atom stereocenters. The van der Waals surface area contributed by atoms with Gasteiger partial charge < -0.3 is 9.73 Å². The number of allylic oxidation sites excluding steroid dienone is 1. The van der Waals surface area contributed by atoms with Crippen LogP contribution in [0.5, 0.6) is 0 Å². The van der Waals surface area contributed by atoms with Gasteiger partial charge in [0.05, 0.1) is 16.7 Å². The maximum Gasteiger partial charge on any atom is 0.328 e. The number of hydrogen-bond donors (Lipinski definition) is 1. The summed E-state index contributed by atoms with van der Waals surface area (Å²) < 4.78 is 9.80. The number of nitrogens with zero attached hydrogens (tertiary/aromatic N) is 3. The maximum absolute atomic E-state index is 12.6. The number of rotatable bonds is 5. The first kappa shape index (κ1) is 30.9. The van der Waals surface area contributed by atoms with Crippen molar-refractivity contribution >= 4 is 55.2 Å². The Bertz CT molecular complexity index is 3030. The van der Waals surface area contributed by atoms with Gasteiger partial charge in [0.25, 0.3) is 0 Å². The molecule has 3 heterocycles. The largest absolute Gasteiger partial charge is 0.456 e. The summed E-state index contributed by atoms with van der Waals surface area (Å²) in [5.41, 5.74) is 12.9. The highest BCUT2D eigenvalue weighted by Crippen LogP contribution is 2.40. The molecule has 6 nitrogen and oxygen atoms in total. The quantitative estimate of drug-likeness (QED) is 0.196. The van der Waals surface area contributed by atoms with E-state index >= 15 is 0 Å². The highest BCUT2D eigenvalue weighted by atomic mass is 16.3. The zero-order valence-corrected chi connectivity index (χ0v) is 29.2. The Labute approximate surface area is 305 Å². The lowest BCUT2D eigenvalue weighted by Crippen LogP contribution is -2.24. The van der Waals surface area contributed by atoms with Gasteiger partial charge in [-0.05, 0) is 86.6 Å². The Balaban J connectivity index is 1.09. The van der Waals surface area contributed by atoms with Crippen molar-refractivity contribution in [2.45, 2.75) is 6.17 Å². The van der Waals surface area contributed by atoms with Crippen LogP contribution in [0.2, 0.25) is 0 Å². The molecule has 254 valence electrons. The average Bonchev–Trinajstić information content (AvgIpc) is 3.72. The Morgan fingerprint density at radius 3 is 2.17 bits per heavy atom. The normalized spacial score (nSPS) is 14.5. The van der Waals surface area contributed by atoms with Crippen LogP contribution in [0, 0.1) is 0 Å². The van der Waals surface area contributed by atoms with Crippen LogP contribution in [-0.2, 0) is 14.1 Å². The molecule has 0 spiro atoms. The molecule has 0 radical (unpaired) electrons. The summed E-state index contributed by atoms with van der Waals surface area (Å²) in [6.45, 7) is 0. The van der Waals surface area contributed by atoms with Gasteiger partial charge in [-0.2, -0.15) is 0 Å². The van der Waals surface area contributed by atoms with Crippen molar-refractivity contribution in [3.05, 3.63) is 185 Å². The zero-order valence-electron chi connectivity index (χ0n) is 29.2. The molecule has 1 N–H and O–H groups in total. The molecule has 1 atom stereocenters. The fourth-order valence-electron chi connectivity index (χ4n) is 7.88. The molecule has 9 aromatic rings. The molecule has 53 heavy (non-hydrogen) atoms. The van der Waals surface area contributed by atoms with E-state index in [2.05, 4.69) is 151 Å². The van der Waals surface area contributed by atoms with Crippen molar-refractivity contribution in [2.24, 2.45) is 19.1 Å². The summed E-state index contributed by atoms with van der Waals surface area (Å²) in [4.78, 5) is 17.9. The lowest BCUT2D eigenvalue weighted by Gasteiger charge is -2.25. The van der Waals surface area contributed by atoms with Gasteiger partial charge in [0.2, 0.25) is 0 Å². The fourth-order valence-corrected chi connectivity index (χ4v) is 7.88. The first-order valence-corrected chi connectivity index (χ1v) is 17.8. The summed E-state index contributed by atoms with van der Waals surface area (Å²) in [6, 6.07) is 52.8. The highest BCUT2D eigenvalue weighted by molar-refractivity contribution is 6.23. The second-order valence-corrected chi connectivity index (χ2v) is 13.7. The fraction of sp³-hybridized carbons (Fsp3) is 0.0638. The molecule has 0 aliphatic carbocycles. The van der Waals surface area contributed by atoms with Gasteiger partial charge in [-0.25, -0.2) is 4.79 Å². The smallest absolute Gasteiger partial charge is 0.328 e. The first-order chi connectivity index (χ1) is 26.0. The van der Waals surface area contributed by atoms with Crippen LogP contribution < -0.4 is 11.0 Å². The summed E-state index contributed by atoms with van der Waals surface area (Å²) in [7, 11) is 3.63. The van der Waals surface area contributed by atoms with Crippen LogP contribution in [0.4, 0.5) is 0 Å². The molecule has 0 saturated heterocycles. The van der Waals surface area contributed by atoms with E-state index in [4.69, 9.17) is 9.41 Å². The summed E-state index contributed by atoms with van der Waals surface area (Å²) in [5, 5.41) is 8.36. The number of benzene rings is 7. The Morgan fingerprint density at radius 2 is 1.28 bits per heavy atom. The molecule has 6 heteroatoms. The Morgan fingerprint density at radius 1 is 0.585 bits per heavy atom. The summed E-state index contributed by atoms with van der Waals surface area (Å²) >= 11 is 0. The van der Waals surface area contributed by atoms with Gasteiger partial charge in [0.15, 0.2) is 0 Å². The zero-order chi connectivity index (χ0) is 35.6. The predicted octanol–water partition coefficient (Wildman–Crippen LogP) is 10.4. The van der Waals surface area contributed by atoms with Gasteiger partial charge in [0.1, 0.15) is 17.3 Å². The maximum atomic E-state index is 12.6. The minimum Gasteiger partial charge on any atom is -0.456 e. The van der Waals surface area contributed by atoms with Crippen molar-refractivity contribution < 1.29 is 4.42 Å². The molecule has 0 amide bonds. The third kappa shape index (κ3) is 5.10. The van der Waals surface area contributed by atoms with E-state index in [-0.39, 0.29) is 11.9 Å². The third-order valence-corrected chi connectivity index (χ3v) is 10.6. The van der Waals surface area contributed by atoms with E-state index < -0.39 is 0 Å². The number of fused-ring (bicyclic) bond motifs is 6. The van der Waals surface area contributed by atoms with Crippen molar-refractivity contribution in [1.29, 1.82) is 0 Å². The van der Waals surface area contributed by atoms with Gasteiger partial charge in [-0.3, -0.25) is 14.1 Å². The third-order valence-electron chi connectivity index (χ3n) is 10.6. The topological polar surface area (TPSA) is 64.5 Å². The number of aryl methyl sites for hydroxylation is 2. The van der Waals surface area contributed by atoms with Crippen molar-refractivity contribution in [3.8, 4) is 22.3 Å². The molecule has 0 saturated carbocycles. The van der Waals surface area contributed by atoms with Gasteiger partial charge >= 0.3 is 5.69 Å². The van der Waals surface area contributed by atoms with E-state index in [0.717, 1.165) is 83.3 Å². The lowest BCUT2D eigenvalue weighted by molar-refractivity contribution is 0.664. The molecule has 1 aliphatic heterocycles. The Hall–Kier alpha value is -6.92. The van der Waals surface area contributed by atoms with Crippen LogP contribution in [0.3, 0.4) is 0 Å². The SMILES string of the molecule is Cn1c(=O)n(C)c2cc(-c3cccc(C4=CC(c5cccc(-c6cccc7oc8ccc9ccccc9c8c67)c5)=NC(c5ccccc5)N4)c3)ccc21. The number of hydrogen-bond acceptors (Lipinski definition) is 4. The molecule has 1 aliphatic rings. The summed E-state index contributed by atoms with van der Waals surface area (Å²) in [6.07, 6.45) is 1.88. The molecule has 0 fully saturated rings. The predicted molar refractivity (Wildman–Crippen MR) is 217 cm³/mol. The van der Waals surface area contributed by atoms with E-state index in [1.54, 1.807) is 9.13 Å². The highest BCUT2D eigenvalue weighted by Gasteiger charge is 2.21. The second-order valence-electron chi connectivity index (χ2n) is 13.7. The van der Waals surface area contributed by atoms with E-state index in [1.807, 2.05) is 26.2 Å². The standard InChI is InChI=1S/C47H34N4O2/c1-50-40-23-21-32(27-41(40)51(2)47(50)52)31-14-8-16-34(25-31)38-28-39(49-46(48-38)30-12-4-3-5-13-30)35-17-9-15-33(26-35)37-19-10-20-42-45(37)44-36-18-7-6-11-29(36)22-24-43(44)53-42/h3-28,46,48H,1-2H3. The van der Waals surface area contributed by atoms with Crippen molar-refractivity contribution in [1.82, 2.24) is 14.5 Å². The molecule has 7 aromatic carbocycles. The molecule has 10 rings (SSSR count). The number of imidazole rings is 1. The van der Waals surface area contributed by atoms with E-state index in [9.17, 15) is 4.79 Å². The van der Waals surface area contributed by atoms with Gasteiger partial charge in [0, 0.05) is 36.1 Å². The molecular formula is C47H34N4O2. The molecular weight excluding hydrogens is 653 g/mol. The van der Waals surface area contributed by atoms with Gasteiger partial charge in [-0.1, -0.05) is 115 Å². The van der Waals surface area contributed by atoms with Crippen LogP contribution >= 0.6 is 0 Å². The number of aliphatic imine (C=N–C) groups is 1. The minimum atomic E-state index is -0.277. The van der Waals surface area contributed by atoms with Crippen molar-refractivity contribution in [2.75, 3.05) is 0 Å². The van der Waals surface area contributed by atoms with E-state index in [1.165, 1.54) is 10.8 Å². The minimum absolute atomic E-state index is 0.0337. The molecule has 0 bridgehead atoms. The number of furan rings is 1. The van der Waals surface area contributed by atoms with Crippen molar-refractivity contribution in [3.63, 3.8) is 0 Å². The number of aromatic nitrogens is 2. The van der Waals surface area contributed by atoms with Crippen LogP contribution in [-0.4, -0.2) is 14.8 Å². The average molecular weight is 687 g/mol. The first-order valence-electron chi connectivity index (χ1n) is 17.8. The lowest BCUT2D eigenvalue weighted by atomic mass is 9.94. The van der Waals surface area contributed by atoms with Gasteiger partial charge in [-0.15, -0.1) is 0 Å². The van der Waals surface area contributed by atoms with Crippen LogP contribution in [0.1, 0.15) is 22.9 Å².